The Morgan fingerprint density at radius 3 is 2.57 bits per heavy atom. The second-order valence-electron chi connectivity index (χ2n) is 6.99. The van der Waals surface area contributed by atoms with E-state index in [1.165, 1.54) is 0 Å². The van der Waals surface area contributed by atoms with Gasteiger partial charge in [0.2, 0.25) is 5.91 Å². The number of ether oxygens (including phenoxy) is 1. The van der Waals surface area contributed by atoms with Crippen LogP contribution >= 0.6 is 0 Å². The number of likely N-dealkylation sites (N-methyl/N-ethyl adjacent to an activating group) is 1. The highest BCUT2D eigenvalue weighted by molar-refractivity contribution is 5.80. The van der Waals surface area contributed by atoms with E-state index in [4.69, 9.17) is 9.57 Å². The van der Waals surface area contributed by atoms with Gasteiger partial charge in [0, 0.05) is 32.7 Å². The number of carbonyl (C=O) groups excluding carboxylic acids is 2. The van der Waals surface area contributed by atoms with Gasteiger partial charge in [-0.25, -0.2) is 4.79 Å². The van der Waals surface area contributed by atoms with Gasteiger partial charge in [0.25, 0.3) is 0 Å². The predicted octanol–water partition coefficient (Wildman–Crippen LogP) is 1.63. The second-order valence-corrected chi connectivity index (χ2v) is 6.99. The summed E-state index contributed by atoms with van der Waals surface area (Å²) in [6.45, 7) is 9.20. The summed E-state index contributed by atoms with van der Waals surface area (Å²) in [5.41, 5.74) is -0.531. The highest BCUT2D eigenvalue weighted by atomic mass is 16.7. The largest absolute Gasteiger partial charge is 0.444 e. The molecule has 0 aromatic rings. The first-order chi connectivity index (χ1) is 10.7. The van der Waals surface area contributed by atoms with E-state index in [0.29, 0.717) is 19.6 Å². The SMILES string of the molecule is CON(C)CCNC(=O)[C@@H]1CCCN(C(=O)OC(C)(C)C)[C@@H]1C. The molecule has 7 heteroatoms. The van der Waals surface area contributed by atoms with Gasteiger partial charge < -0.3 is 19.8 Å². The topological polar surface area (TPSA) is 71.1 Å². The van der Waals surface area contributed by atoms with Crippen LogP contribution in [0.5, 0.6) is 0 Å². The third-order valence-electron chi connectivity index (χ3n) is 3.99. The molecular formula is C16H31N3O4. The molecule has 2 amide bonds. The lowest BCUT2D eigenvalue weighted by Crippen LogP contribution is -2.53. The maximum Gasteiger partial charge on any atom is 0.410 e. The number of hydrogen-bond acceptors (Lipinski definition) is 5. The third-order valence-corrected chi connectivity index (χ3v) is 3.99. The zero-order valence-electron chi connectivity index (χ0n) is 15.2. The molecule has 7 nitrogen and oxygen atoms in total. The van der Waals surface area contributed by atoms with E-state index in [1.807, 2.05) is 27.7 Å². The van der Waals surface area contributed by atoms with Crippen LogP contribution in [-0.4, -0.2) is 67.4 Å². The maximum atomic E-state index is 12.4. The Hall–Kier alpha value is -1.34. The molecule has 0 aliphatic carbocycles. The van der Waals surface area contributed by atoms with Gasteiger partial charge >= 0.3 is 6.09 Å². The Morgan fingerprint density at radius 1 is 1.35 bits per heavy atom. The zero-order chi connectivity index (χ0) is 17.6. The van der Waals surface area contributed by atoms with E-state index in [2.05, 4.69) is 5.32 Å². The van der Waals surface area contributed by atoms with Crippen molar-refractivity contribution in [1.29, 1.82) is 0 Å². The van der Waals surface area contributed by atoms with Crippen molar-refractivity contribution >= 4 is 12.0 Å². The van der Waals surface area contributed by atoms with Crippen LogP contribution < -0.4 is 5.32 Å². The molecule has 1 N–H and O–H groups in total. The first-order valence-electron chi connectivity index (χ1n) is 8.18. The summed E-state index contributed by atoms with van der Waals surface area (Å²) >= 11 is 0. The van der Waals surface area contributed by atoms with Crippen LogP contribution in [0.25, 0.3) is 0 Å². The summed E-state index contributed by atoms with van der Waals surface area (Å²) < 4.78 is 5.43. The van der Waals surface area contributed by atoms with Crippen molar-refractivity contribution in [1.82, 2.24) is 15.3 Å². The van der Waals surface area contributed by atoms with Crippen molar-refractivity contribution in [3.8, 4) is 0 Å². The minimum absolute atomic E-state index is 0.0183. The molecule has 0 unspecified atom stereocenters. The molecule has 0 aromatic heterocycles. The summed E-state index contributed by atoms with van der Waals surface area (Å²) in [5, 5.41) is 4.57. The number of hydroxylamine groups is 2. The second kappa shape index (κ2) is 8.49. The summed E-state index contributed by atoms with van der Waals surface area (Å²) in [6.07, 6.45) is 1.24. The van der Waals surface area contributed by atoms with Gasteiger partial charge in [-0.15, -0.1) is 0 Å². The van der Waals surface area contributed by atoms with E-state index >= 15 is 0 Å². The summed E-state index contributed by atoms with van der Waals surface area (Å²) in [4.78, 5) is 31.3. The molecule has 0 saturated carbocycles. The third kappa shape index (κ3) is 6.35. The van der Waals surface area contributed by atoms with Crippen LogP contribution in [-0.2, 0) is 14.4 Å². The lowest BCUT2D eigenvalue weighted by molar-refractivity contribution is -0.130. The van der Waals surface area contributed by atoms with Gasteiger partial charge in [0.05, 0.1) is 13.0 Å². The molecule has 23 heavy (non-hydrogen) atoms. The van der Waals surface area contributed by atoms with E-state index in [9.17, 15) is 9.59 Å². The van der Waals surface area contributed by atoms with Crippen molar-refractivity contribution in [3.05, 3.63) is 0 Å². The Morgan fingerprint density at radius 2 is 2.00 bits per heavy atom. The number of rotatable bonds is 5. The number of carbonyl (C=O) groups is 2. The van der Waals surface area contributed by atoms with Crippen molar-refractivity contribution in [2.45, 2.75) is 52.2 Å². The number of nitrogens with zero attached hydrogens (tertiary/aromatic N) is 2. The predicted molar refractivity (Wildman–Crippen MR) is 87.8 cm³/mol. The van der Waals surface area contributed by atoms with E-state index in [0.717, 1.165) is 12.8 Å². The fourth-order valence-corrected chi connectivity index (χ4v) is 2.63. The number of nitrogens with one attached hydrogen (secondary N) is 1. The highest BCUT2D eigenvalue weighted by Crippen LogP contribution is 2.25. The summed E-state index contributed by atoms with van der Waals surface area (Å²) in [7, 11) is 3.39. The van der Waals surface area contributed by atoms with Crippen LogP contribution in [0.3, 0.4) is 0 Å². The molecule has 0 spiro atoms. The fraction of sp³-hybridized carbons (Fsp3) is 0.875. The van der Waals surface area contributed by atoms with Gasteiger partial charge in [-0.05, 0) is 40.5 Å². The van der Waals surface area contributed by atoms with Crippen LogP contribution in [0.4, 0.5) is 4.79 Å². The van der Waals surface area contributed by atoms with Crippen molar-refractivity contribution < 1.29 is 19.2 Å². The lowest BCUT2D eigenvalue weighted by Gasteiger charge is -2.39. The standard InChI is InChI=1S/C16H31N3O4/c1-12-13(14(20)17-9-11-18(5)22-6)8-7-10-19(12)15(21)23-16(2,3)4/h12-13H,7-11H2,1-6H3,(H,17,20)/t12-,13-/m1/s1. The van der Waals surface area contributed by atoms with Crippen LogP contribution in [0.2, 0.25) is 0 Å². The first kappa shape index (κ1) is 19.7. The van der Waals surface area contributed by atoms with Gasteiger partial charge in [-0.3, -0.25) is 4.79 Å². The fourth-order valence-electron chi connectivity index (χ4n) is 2.63. The molecule has 1 fully saturated rings. The van der Waals surface area contributed by atoms with Crippen molar-refractivity contribution in [3.63, 3.8) is 0 Å². The molecule has 2 atom stereocenters. The quantitative estimate of drug-likeness (QED) is 0.776. The molecule has 0 radical (unpaired) electrons. The maximum absolute atomic E-state index is 12.4. The van der Waals surface area contributed by atoms with Gasteiger partial charge in [0.1, 0.15) is 5.60 Å². The lowest BCUT2D eigenvalue weighted by atomic mass is 9.89. The average molecular weight is 329 g/mol. The molecule has 1 heterocycles. The molecular weight excluding hydrogens is 298 g/mol. The van der Waals surface area contributed by atoms with Crippen molar-refractivity contribution in [2.75, 3.05) is 33.8 Å². The number of likely N-dealkylation sites (tertiary alicyclic amines) is 1. The molecule has 0 aromatic carbocycles. The zero-order valence-corrected chi connectivity index (χ0v) is 15.2. The number of amides is 2. The smallest absolute Gasteiger partial charge is 0.410 e. The molecule has 0 bridgehead atoms. The van der Waals surface area contributed by atoms with E-state index < -0.39 is 5.60 Å². The van der Waals surface area contributed by atoms with Crippen molar-refractivity contribution in [2.24, 2.45) is 5.92 Å². The Labute approximate surface area is 139 Å². The molecule has 134 valence electrons. The minimum Gasteiger partial charge on any atom is -0.444 e. The van der Waals surface area contributed by atoms with Gasteiger partial charge in [-0.2, -0.15) is 5.06 Å². The van der Waals surface area contributed by atoms with Gasteiger partial charge in [0.15, 0.2) is 0 Å². The monoisotopic (exact) mass is 329 g/mol. The Kier molecular flexibility index (Phi) is 7.28. The van der Waals surface area contributed by atoms with Crippen LogP contribution in [0.1, 0.15) is 40.5 Å². The average Bonchev–Trinajstić information content (AvgIpc) is 2.45. The molecule has 1 aliphatic rings. The number of piperidine rings is 1. The van der Waals surface area contributed by atoms with Gasteiger partial charge in [-0.1, -0.05) is 0 Å². The normalized spacial score (nSPS) is 22.1. The van der Waals surface area contributed by atoms with Crippen LogP contribution in [0, 0.1) is 5.92 Å². The number of hydrogen-bond donors (Lipinski definition) is 1. The first-order valence-corrected chi connectivity index (χ1v) is 8.18. The summed E-state index contributed by atoms with van der Waals surface area (Å²) in [5.74, 6) is -0.223. The van der Waals surface area contributed by atoms with Crippen LogP contribution in [0.15, 0.2) is 0 Å². The summed E-state index contributed by atoms with van der Waals surface area (Å²) in [6, 6.07) is -0.168. The molecule has 1 aliphatic heterocycles. The molecule has 1 rings (SSSR count). The highest BCUT2D eigenvalue weighted by Gasteiger charge is 2.37. The Balaban J connectivity index is 2.56. The minimum atomic E-state index is -0.531. The Bertz CT molecular complexity index is 409. The van der Waals surface area contributed by atoms with E-state index in [1.54, 1.807) is 24.1 Å². The van der Waals surface area contributed by atoms with E-state index in [-0.39, 0.29) is 24.0 Å². The molecule has 1 saturated heterocycles.